The summed E-state index contributed by atoms with van der Waals surface area (Å²) in [4.78, 5) is 14.6. The number of nitrogens with zero attached hydrogens (tertiary/aromatic N) is 3. The number of hydrogen-bond donors (Lipinski definition) is 1. The second-order valence-corrected chi connectivity index (χ2v) is 6.57. The topological polar surface area (TPSA) is 50.2 Å². The van der Waals surface area contributed by atoms with Crippen molar-refractivity contribution in [2.45, 2.75) is 32.2 Å². The molecule has 0 spiro atoms. The van der Waals surface area contributed by atoms with Crippen molar-refractivity contribution >= 4 is 21.6 Å². The van der Waals surface area contributed by atoms with Crippen LogP contribution in [0, 0.1) is 5.92 Å². The highest BCUT2D eigenvalue weighted by Crippen LogP contribution is 2.30. The Labute approximate surface area is 127 Å². The lowest BCUT2D eigenvalue weighted by molar-refractivity contribution is 0.352. The molecule has 2 aliphatic rings. The van der Waals surface area contributed by atoms with E-state index in [1.807, 2.05) is 0 Å². The Bertz CT molecular complexity index is 520. The maximum atomic E-state index is 12.2. The van der Waals surface area contributed by atoms with Gasteiger partial charge in [-0.25, -0.2) is 4.68 Å². The first kappa shape index (κ1) is 14.1. The summed E-state index contributed by atoms with van der Waals surface area (Å²) in [6.07, 6.45) is 6.83. The van der Waals surface area contributed by atoms with Crippen LogP contribution < -0.4 is 10.9 Å². The third-order valence-electron chi connectivity index (χ3n) is 4.06. The van der Waals surface area contributed by atoms with Crippen LogP contribution in [0.25, 0.3) is 0 Å². The predicted octanol–water partition coefficient (Wildman–Crippen LogP) is 1.92. The molecule has 0 aromatic carbocycles. The summed E-state index contributed by atoms with van der Waals surface area (Å²) < 4.78 is 2.18. The standard InChI is InChI=1S/C14H21BrN4O/c15-13-12(16-5-8-18-6-1-2-7-18)9-17-19(14(13)20)10-11-3-4-11/h9,11,16H,1-8,10H2. The number of hydrogen-bond acceptors (Lipinski definition) is 4. The Balaban J connectivity index is 1.58. The van der Waals surface area contributed by atoms with Gasteiger partial charge in [-0.1, -0.05) is 0 Å². The molecule has 2 fully saturated rings. The number of rotatable bonds is 6. The molecular weight excluding hydrogens is 320 g/mol. The SMILES string of the molecule is O=c1c(Br)c(NCCN2CCCC2)cnn1CC1CC1. The van der Waals surface area contributed by atoms with E-state index in [-0.39, 0.29) is 5.56 Å². The molecule has 20 heavy (non-hydrogen) atoms. The van der Waals surface area contributed by atoms with Crippen LogP contribution in [0.3, 0.4) is 0 Å². The number of nitrogens with one attached hydrogen (secondary N) is 1. The fourth-order valence-electron chi connectivity index (χ4n) is 2.62. The van der Waals surface area contributed by atoms with Gasteiger partial charge in [-0.15, -0.1) is 0 Å². The molecule has 3 rings (SSSR count). The zero-order chi connectivity index (χ0) is 13.9. The molecule has 1 aromatic rings. The molecule has 0 unspecified atom stereocenters. The van der Waals surface area contributed by atoms with E-state index in [4.69, 9.17) is 0 Å². The molecule has 0 atom stereocenters. The fourth-order valence-corrected chi connectivity index (χ4v) is 3.07. The van der Waals surface area contributed by atoms with Crippen molar-refractivity contribution in [2.75, 3.05) is 31.5 Å². The van der Waals surface area contributed by atoms with Crippen molar-refractivity contribution in [1.82, 2.24) is 14.7 Å². The molecule has 0 radical (unpaired) electrons. The minimum absolute atomic E-state index is 0.0249. The number of likely N-dealkylation sites (tertiary alicyclic amines) is 1. The van der Waals surface area contributed by atoms with Gasteiger partial charge in [-0.2, -0.15) is 5.10 Å². The minimum Gasteiger partial charge on any atom is -0.381 e. The van der Waals surface area contributed by atoms with Crippen molar-refractivity contribution in [3.05, 3.63) is 21.0 Å². The Morgan fingerprint density at radius 3 is 2.80 bits per heavy atom. The molecule has 2 heterocycles. The summed E-state index contributed by atoms with van der Waals surface area (Å²) in [5.41, 5.74) is 0.782. The maximum Gasteiger partial charge on any atom is 0.283 e. The van der Waals surface area contributed by atoms with Crippen molar-refractivity contribution in [3.8, 4) is 0 Å². The molecule has 0 amide bonds. The lowest BCUT2D eigenvalue weighted by atomic mass is 10.4. The third kappa shape index (κ3) is 3.41. The summed E-state index contributed by atoms with van der Waals surface area (Å²) in [5.74, 6) is 0.654. The molecule has 1 N–H and O–H groups in total. The first-order valence-electron chi connectivity index (χ1n) is 7.46. The highest BCUT2D eigenvalue weighted by Gasteiger charge is 2.23. The van der Waals surface area contributed by atoms with E-state index in [0.717, 1.165) is 25.3 Å². The van der Waals surface area contributed by atoms with E-state index >= 15 is 0 Å². The zero-order valence-electron chi connectivity index (χ0n) is 11.6. The second kappa shape index (κ2) is 6.26. The summed E-state index contributed by atoms with van der Waals surface area (Å²) >= 11 is 3.41. The van der Waals surface area contributed by atoms with E-state index in [1.54, 1.807) is 10.9 Å². The predicted molar refractivity (Wildman–Crippen MR) is 83.1 cm³/mol. The van der Waals surface area contributed by atoms with Gasteiger partial charge in [-0.05, 0) is 60.6 Å². The highest BCUT2D eigenvalue weighted by atomic mass is 79.9. The second-order valence-electron chi connectivity index (χ2n) is 5.78. The van der Waals surface area contributed by atoms with E-state index < -0.39 is 0 Å². The Morgan fingerprint density at radius 2 is 2.10 bits per heavy atom. The molecule has 5 nitrogen and oxygen atoms in total. The van der Waals surface area contributed by atoms with Crippen LogP contribution in [-0.4, -0.2) is 40.9 Å². The highest BCUT2D eigenvalue weighted by molar-refractivity contribution is 9.10. The lowest BCUT2D eigenvalue weighted by Gasteiger charge is -2.16. The summed E-state index contributed by atoms with van der Waals surface area (Å²) in [5, 5.41) is 7.58. The van der Waals surface area contributed by atoms with Gasteiger partial charge in [-0.3, -0.25) is 4.79 Å². The largest absolute Gasteiger partial charge is 0.381 e. The number of halogens is 1. The molecule has 1 aliphatic heterocycles. The normalized spacial score (nSPS) is 19.4. The maximum absolute atomic E-state index is 12.2. The summed E-state index contributed by atoms with van der Waals surface area (Å²) in [6.45, 7) is 5.03. The van der Waals surface area contributed by atoms with Gasteiger partial charge in [0.15, 0.2) is 0 Å². The molecule has 110 valence electrons. The smallest absolute Gasteiger partial charge is 0.283 e. The van der Waals surface area contributed by atoms with Crippen LogP contribution in [0.5, 0.6) is 0 Å². The van der Waals surface area contributed by atoms with Crippen molar-refractivity contribution < 1.29 is 0 Å². The van der Waals surface area contributed by atoms with E-state index in [2.05, 4.69) is 31.2 Å². The van der Waals surface area contributed by atoms with Crippen molar-refractivity contribution in [2.24, 2.45) is 5.92 Å². The van der Waals surface area contributed by atoms with Gasteiger partial charge in [0.2, 0.25) is 0 Å². The first-order valence-corrected chi connectivity index (χ1v) is 8.25. The quantitative estimate of drug-likeness (QED) is 0.859. The fraction of sp³-hybridized carbons (Fsp3) is 0.714. The average Bonchev–Trinajstić information content (AvgIpc) is 3.11. The molecule has 1 saturated carbocycles. The lowest BCUT2D eigenvalue weighted by Crippen LogP contribution is -2.28. The Hall–Kier alpha value is -0.880. The molecule has 6 heteroatoms. The van der Waals surface area contributed by atoms with Crippen LogP contribution in [0.2, 0.25) is 0 Å². The van der Waals surface area contributed by atoms with Gasteiger partial charge in [0, 0.05) is 19.6 Å². The monoisotopic (exact) mass is 340 g/mol. The third-order valence-corrected chi connectivity index (χ3v) is 4.82. The Kier molecular flexibility index (Phi) is 4.41. The number of aromatic nitrogens is 2. The average molecular weight is 341 g/mol. The minimum atomic E-state index is -0.0249. The molecule has 1 aromatic heterocycles. The van der Waals surface area contributed by atoms with Crippen molar-refractivity contribution in [1.29, 1.82) is 0 Å². The van der Waals surface area contributed by atoms with Crippen molar-refractivity contribution in [3.63, 3.8) is 0 Å². The van der Waals surface area contributed by atoms with Gasteiger partial charge < -0.3 is 10.2 Å². The summed E-state index contributed by atoms with van der Waals surface area (Å²) in [7, 11) is 0. The van der Waals surface area contributed by atoms with E-state index in [0.29, 0.717) is 10.4 Å². The summed E-state index contributed by atoms with van der Waals surface area (Å²) in [6, 6.07) is 0. The first-order chi connectivity index (χ1) is 9.74. The van der Waals surface area contributed by atoms with Gasteiger partial charge in [0.05, 0.1) is 11.9 Å². The van der Waals surface area contributed by atoms with Crippen LogP contribution in [-0.2, 0) is 6.54 Å². The molecule has 1 saturated heterocycles. The van der Waals surface area contributed by atoms with Gasteiger partial charge in [0.25, 0.3) is 5.56 Å². The van der Waals surface area contributed by atoms with Crippen LogP contribution in [0.15, 0.2) is 15.5 Å². The number of anilines is 1. The Morgan fingerprint density at radius 1 is 1.35 bits per heavy atom. The van der Waals surface area contributed by atoms with Crippen LogP contribution in [0.1, 0.15) is 25.7 Å². The van der Waals surface area contributed by atoms with Crippen LogP contribution in [0.4, 0.5) is 5.69 Å². The van der Waals surface area contributed by atoms with Gasteiger partial charge in [0.1, 0.15) is 4.47 Å². The zero-order valence-corrected chi connectivity index (χ0v) is 13.2. The van der Waals surface area contributed by atoms with Gasteiger partial charge >= 0.3 is 0 Å². The van der Waals surface area contributed by atoms with Crippen LogP contribution >= 0.6 is 15.9 Å². The van der Waals surface area contributed by atoms with E-state index in [1.165, 1.54) is 38.8 Å². The molecule has 1 aliphatic carbocycles. The molecule has 0 bridgehead atoms. The molecular formula is C14H21BrN4O. The van der Waals surface area contributed by atoms with E-state index in [9.17, 15) is 4.79 Å².